The van der Waals surface area contributed by atoms with E-state index in [-0.39, 0.29) is 18.4 Å². The molecule has 8 heteroatoms. The van der Waals surface area contributed by atoms with Crippen molar-refractivity contribution >= 4 is 11.9 Å². The van der Waals surface area contributed by atoms with Gasteiger partial charge in [-0.25, -0.2) is 4.79 Å². The Morgan fingerprint density at radius 3 is 2.92 bits per heavy atom. The van der Waals surface area contributed by atoms with E-state index in [9.17, 15) is 14.7 Å². The first kappa shape index (κ1) is 16.8. The summed E-state index contributed by atoms with van der Waals surface area (Å²) in [5.74, 6) is 0.0338. The third-order valence-electron chi connectivity index (χ3n) is 5.46. The Balaban J connectivity index is 1.42. The van der Waals surface area contributed by atoms with Gasteiger partial charge in [0.15, 0.2) is 0 Å². The lowest BCUT2D eigenvalue weighted by Crippen LogP contribution is -2.46. The summed E-state index contributed by atoms with van der Waals surface area (Å²) in [6, 6.07) is 1.08. The molecule has 1 saturated heterocycles. The van der Waals surface area contributed by atoms with Crippen LogP contribution >= 0.6 is 0 Å². The van der Waals surface area contributed by atoms with E-state index >= 15 is 0 Å². The summed E-state index contributed by atoms with van der Waals surface area (Å²) in [5, 5.41) is 13.4. The maximum absolute atomic E-state index is 12.8. The molecule has 138 valence electrons. The molecular weight excluding hydrogens is 338 g/mol. The lowest BCUT2D eigenvalue weighted by atomic mass is 9.84. The SMILES string of the molecule is O=C(O)C1CC2CCCCC2N1C(=O)CCc1nc(-c2ccoc2)no1. The third kappa shape index (κ3) is 3.11. The van der Waals surface area contributed by atoms with Gasteiger partial charge in [0.05, 0.1) is 11.8 Å². The number of amides is 1. The molecule has 4 rings (SSSR count). The quantitative estimate of drug-likeness (QED) is 0.873. The van der Waals surface area contributed by atoms with Crippen molar-refractivity contribution in [3.8, 4) is 11.4 Å². The zero-order chi connectivity index (χ0) is 18.1. The molecule has 0 radical (unpaired) electrons. The van der Waals surface area contributed by atoms with Gasteiger partial charge in [-0.2, -0.15) is 4.98 Å². The van der Waals surface area contributed by atoms with Gasteiger partial charge in [-0.3, -0.25) is 4.79 Å². The van der Waals surface area contributed by atoms with Crippen LogP contribution < -0.4 is 0 Å². The summed E-state index contributed by atoms with van der Waals surface area (Å²) >= 11 is 0. The number of likely N-dealkylation sites (tertiary alicyclic amines) is 1. The number of hydrogen-bond donors (Lipinski definition) is 1. The first-order chi connectivity index (χ1) is 12.6. The fourth-order valence-electron chi connectivity index (χ4n) is 4.25. The van der Waals surface area contributed by atoms with E-state index in [0.29, 0.717) is 36.0 Å². The molecule has 1 aliphatic heterocycles. The lowest BCUT2D eigenvalue weighted by molar-refractivity contribution is -0.149. The molecule has 1 amide bonds. The van der Waals surface area contributed by atoms with Crippen LogP contribution in [0.25, 0.3) is 11.4 Å². The summed E-state index contributed by atoms with van der Waals surface area (Å²) in [4.78, 5) is 30.3. The summed E-state index contributed by atoms with van der Waals surface area (Å²) in [5.41, 5.74) is 0.710. The van der Waals surface area contributed by atoms with Crippen LogP contribution in [0.15, 0.2) is 27.5 Å². The van der Waals surface area contributed by atoms with E-state index < -0.39 is 12.0 Å². The number of fused-ring (bicyclic) bond motifs is 1. The van der Waals surface area contributed by atoms with Crippen LogP contribution in [0.3, 0.4) is 0 Å². The van der Waals surface area contributed by atoms with Crippen LogP contribution in [0, 0.1) is 5.92 Å². The van der Waals surface area contributed by atoms with Gasteiger partial charge < -0.3 is 18.9 Å². The van der Waals surface area contributed by atoms with Crippen LogP contribution in [-0.4, -0.2) is 44.1 Å². The van der Waals surface area contributed by atoms with Gasteiger partial charge in [-0.05, 0) is 31.2 Å². The number of carbonyl (C=O) groups is 2. The average Bonchev–Trinajstić information content (AvgIpc) is 3.37. The molecule has 3 atom stereocenters. The van der Waals surface area contributed by atoms with Crippen molar-refractivity contribution in [2.75, 3.05) is 0 Å². The Labute approximate surface area is 150 Å². The molecule has 2 aromatic rings. The van der Waals surface area contributed by atoms with E-state index in [0.717, 1.165) is 25.7 Å². The second kappa shape index (κ2) is 6.93. The number of rotatable bonds is 5. The van der Waals surface area contributed by atoms with Crippen molar-refractivity contribution in [2.45, 2.75) is 57.0 Å². The Morgan fingerprint density at radius 1 is 1.31 bits per heavy atom. The van der Waals surface area contributed by atoms with E-state index in [1.54, 1.807) is 11.0 Å². The molecular formula is C18H21N3O5. The molecule has 1 saturated carbocycles. The maximum Gasteiger partial charge on any atom is 0.326 e. The number of aryl methyl sites for hydroxylation is 1. The summed E-state index contributed by atoms with van der Waals surface area (Å²) < 4.78 is 10.2. The summed E-state index contributed by atoms with van der Waals surface area (Å²) in [7, 11) is 0. The van der Waals surface area contributed by atoms with E-state index in [2.05, 4.69) is 10.1 Å². The lowest BCUT2D eigenvalue weighted by Gasteiger charge is -2.33. The molecule has 2 fully saturated rings. The number of aromatic nitrogens is 2. The van der Waals surface area contributed by atoms with Crippen LogP contribution in [0.2, 0.25) is 0 Å². The fourth-order valence-corrected chi connectivity index (χ4v) is 4.25. The van der Waals surface area contributed by atoms with Crippen molar-refractivity contribution in [3.05, 3.63) is 24.5 Å². The van der Waals surface area contributed by atoms with Gasteiger partial charge in [-0.15, -0.1) is 0 Å². The Kier molecular flexibility index (Phi) is 4.48. The van der Waals surface area contributed by atoms with Crippen molar-refractivity contribution in [1.82, 2.24) is 15.0 Å². The standard InChI is InChI=1S/C18H21N3O5/c22-16(6-5-15-19-17(20-26-15)12-7-8-25-10-12)21-13-4-2-1-3-11(13)9-14(21)18(23)24/h7-8,10-11,13-14H,1-6,9H2,(H,23,24). The van der Waals surface area contributed by atoms with Crippen molar-refractivity contribution in [1.29, 1.82) is 0 Å². The molecule has 3 heterocycles. The number of carboxylic acid groups (broad SMARTS) is 1. The molecule has 2 aromatic heterocycles. The largest absolute Gasteiger partial charge is 0.480 e. The first-order valence-electron chi connectivity index (χ1n) is 9.02. The zero-order valence-corrected chi connectivity index (χ0v) is 14.3. The highest BCUT2D eigenvalue weighted by Crippen LogP contribution is 2.40. The Bertz CT molecular complexity index is 785. The molecule has 1 aliphatic carbocycles. The minimum atomic E-state index is -0.909. The molecule has 0 bridgehead atoms. The normalized spacial score (nSPS) is 25.2. The maximum atomic E-state index is 12.8. The van der Waals surface area contributed by atoms with Crippen LogP contribution in [0.1, 0.15) is 44.4 Å². The van der Waals surface area contributed by atoms with E-state index in [4.69, 9.17) is 8.94 Å². The van der Waals surface area contributed by atoms with E-state index in [1.807, 2.05) is 0 Å². The van der Waals surface area contributed by atoms with Crippen LogP contribution in [-0.2, 0) is 16.0 Å². The molecule has 0 aromatic carbocycles. The predicted octanol–water partition coefficient (Wildman–Crippen LogP) is 2.51. The number of nitrogens with zero attached hydrogens (tertiary/aromatic N) is 3. The highest BCUT2D eigenvalue weighted by atomic mass is 16.5. The molecule has 0 spiro atoms. The predicted molar refractivity (Wildman–Crippen MR) is 89.0 cm³/mol. The summed E-state index contributed by atoms with van der Waals surface area (Å²) in [6.07, 6.45) is 8.14. The topological polar surface area (TPSA) is 110 Å². The van der Waals surface area contributed by atoms with Gasteiger partial charge in [0.2, 0.25) is 17.6 Å². The number of hydrogen-bond acceptors (Lipinski definition) is 6. The van der Waals surface area contributed by atoms with Gasteiger partial charge in [-0.1, -0.05) is 18.0 Å². The Hall–Kier alpha value is -2.64. The number of furan rings is 1. The number of carbonyl (C=O) groups excluding carboxylic acids is 1. The number of aliphatic carboxylic acids is 1. The monoisotopic (exact) mass is 359 g/mol. The highest BCUT2D eigenvalue weighted by Gasteiger charge is 2.47. The first-order valence-corrected chi connectivity index (χ1v) is 9.02. The van der Waals surface area contributed by atoms with Crippen molar-refractivity contribution in [2.24, 2.45) is 5.92 Å². The van der Waals surface area contributed by atoms with Crippen molar-refractivity contribution < 1.29 is 23.6 Å². The molecule has 2 aliphatic rings. The van der Waals surface area contributed by atoms with Gasteiger partial charge in [0, 0.05) is 18.9 Å². The molecule has 3 unspecified atom stereocenters. The smallest absolute Gasteiger partial charge is 0.326 e. The van der Waals surface area contributed by atoms with Crippen LogP contribution in [0.4, 0.5) is 0 Å². The second-order valence-electron chi connectivity index (χ2n) is 7.03. The zero-order valence-electron chi connectivity index (χ0n) is 14.3. The van der Waals surface area contributed by atoms with Gasteiger partial charge in [0.25, 0.3) is 0 Å². The van der Waals surface area contributed by atoms with E-state index in [1.165, 1.54) is 12.5 Å². The fraction of sp³-hybridized carbons (Fsp3) is 0.556. The molecule has 1 N–H and O–H groups in total. The minimum absolute atomic E-state index is 0.0570. The molecule has 8 nitrogen and oxygen atoms in total. The average molecular weight is 359 g/mol. The Morgan fingerprint density at radius 2 is 2.15 bits per heavy atom. The van der Waals surface area contributed by atoms with Crippen LogP contribution in [0.5, 0.6) is 0 Å². The minimum Gasteiger partial charge on any atom is -0.480 e. The van der Waals surface area contributed by atoms with Gasteiger partial charge >= 0.3 is 5.97 Å². The van der Waals surface area contributed by atoms with Gasteiger partial charge in [0.1, 0.15) is 12.3 Å². The number of carboxylic acids is 1. The highest BCUT2D eigenvalue weighted by molar-refractivity contribution is 5.84. The third-order valence-corrected chi connectivity index (χ3v) is 5.46. The summed E-state index contributed by atoms with van der Waals surface area (Å²) in [6.45, 7) is 0. The molecule has 26 heavy (non-hydrogen) atoms. The van der Waals surface area contributed by atoms with Crippen molar-refractivity contribution in [3.63, 3.8) is 0 Å². The second-order valence-corrected chi connectivity index (χ2v) is 7.03.